The predicted molar refractivity (Wildman–Crippen MR) is 135 cm³/mol. The fourth-order valence-corrected chi connectivity index (χ4v) is 4.91. The Bertz CT molecular complexity index is 912. The lowest BCUT2D eigenvalue weighted by atomic mass is 9.92. The van der Waals surface area contributed by atoms with Crippen LogP contribution in [-0.4, -0.2) is 103 Å². The highest BCUT2D eigenvalue weighted by Gasteiger charge is 2.35. The first-order valence-corrected chi connectivity index (χ1v) is 12.7. The number of piperidine rings is 1. The van der Waals surface area contributed by atoms with E-state index < -0.39 is 5.60 Å². The van der Waals surface area contributed by atoms with Gasteiger partial charge in [-0.1, -0.05) is 6.07 Å². The first-order valence-electron chi connectivity index (χ1n) is 12.7. The van der Waals surface area contributed by atoms with Crippen LogP contribution < -0.4 is 14.4 Å². The summed E-state index contributed by atoms with van der Waals surface area (Å²) < 4.78 is 17.4. The molecule has 1 N–H and O–H groups in total. The summed E-state index contributed by atoms with van der Waals surface area (Å²) in [5, 5.41) is 11.4. The minimum absolute atomic E-state index is 0.552. The quantitative estimate of drug-likeness (QED) is 0.514. The fraction of sp³-hybridized carbons (Fsp3) is 0.615. The zero-order chi connectivity index (χ0) is 24.5. The number of hydrogen-bond acceptors (Lipinski definition) is 9. The van der Waals surface area contributed by atoms with Gasteiger partial charge in [-0.15, -0.1) is 0 Å². The van der Waals surface area contributed by atoms with Gasteiger partial charge in [0, 0.05) is 58.2 Å². The minimum Gasteiger partial charge on any atom is -0.490 e. The van der Waals surface area contributed by atoms with Gasteiger partial charge in [0.15, 0.2) is 11.5 Å². The molecule has 0 radical (unpaired) electrons. The molecule has 2 aliphatic heterocycles. The summed E-state index contributed by atoms with van der Waals surface area (Å²) >= 11 is 0. The van der Waals surface area contributed by atoms with Gasteiger partial charge in [-0.3, -0.25) is 14.8 Å². The lowest BCUT2D eigenvalue weighted by Crippen LogP contribution is -2.54. The molecule has 0 spiro atoms. The van der Waals surface area contributed by atoms with Crippen molar-refractivity contribution in [3.05, 3.63) is 42.4 Å². The van der Waals surface area contributed by atoms with Crippen molar-refractivity contribution in [3.8, 4) is 11.5 Å². The normalized spacial score (nSPS) is 21.3. The van der Waals surface area contributed by atoms with E-state index >= 15 is 0 Å². The van der Waals surface area contributed by atoms with E-state index in [1.807, 2.05) is 20.0 Å². The molecule has 3 heterocycles. The lowest BCUT2D eigenvalue weighted by Gasteiger charge is -2.41. The maximum absolute atomic E-state index is 11.4. The number of β-amino-alcohol motifs (C(OH)–C–C–N with tert-alkyl or cyclic N) is 1. The third-order valence-corrected chi connectivity index (χ3v) is 6.52. The first-order chi connectivity index (χ1) is 17.0. The number of ether oxygens (including phenoxy) is 3. The Kier molecular flexibility index (Phi) is 9.14. The monoisotopic (exact) mass is 485 g/mol. The molecule has 0 amide bonds. The van der Waals surface area contributed by atoms with E-state index in [9.17, 15) is 5.11 Å². The molecule has 1 aromatic heterocycles. The van der Waals surface area contributed by atoms with Crippen molar-refractivity contribution in [2.45, 2.75) is 31.9 Å². The van der Waals surface area contributed by atoms with Gasteiger partial charge in [0.1, 0.15) is 12.4 Å². The van der Waals surface area contributed by atoms with Crippen LogP contribution >= 0.6 is 0 Å². The molecule has 0 saturated carbocycles. The van der Waals surface area contributed by atoms with Crippen molar-refractivity contribution in [2.75, 3.05) is 77.6 Å². The van der Waals surface area contributed by atoms with Gasteiger partial charge in [0.05, 0.1) is 31.6 Å². The van der Waals surface area contributed by atoms with Crippen LogP contribution in [0.5, 0.6) is 11.5 Å². The average molecular weight is 486 g/mol. The number of likely N-dealkylation sites (N-methyl/N-ethyl adjacent to an activating group) is 1. The molecule has 2 saturated heterocycles. The van der Waals surface area contributed by atoms with Crippen molar-refractivity contribution < 1.29 is 19.3 Å². The summed E-state index contributed by atoms with van der Waals surface area (Å²) in [6.07, 6.45) is 6.82. The molecule has 4 rings (SSSR count). The van der Waals surface area contributed by atoms with Crippen LogP contribution in [0.1, 0.15) is 25.3 Å². The lowest BCUT2D eigenvalue weighted by molar-refractivity contribution is -0.00350. The topological polar surface area (TPSA) is 83.4 Å². The molecule has 0 aliphatic carbocycles. The Hall–Kier alpha value is -2.46. The Balaban J connectivity index is 1.32. The number of rotatable bonds is 11. The number of morpholine rings is 1. The van der Waals surface area contributed by atoms with Gasteiger partial charge in [-0.25, -0.2) is 4.98 Å². The zero-order valence-electron chi connectivity index (χ0n) is 21.1. The van der Waals surface area contributed by atoms with Gasteiger partial charge in [-0.2, -0.15) is 0 Å². The van der Waals surface area contributed by atoms with Crippen LogP contribution in [0.25, 0.3) is 0 Å². The molecule has 1 atom stereocenters. The Labute approximate surface area is 208 Å². The molecular formula is C26H39N5O4. The third-order valence-electron chi connectivity index (χ3n) is 6.52. The maximum atomic E-state index is 11.4. The molecule has 192 valence electrons. The Morgan fingerprint density at radius 1 is 1.14 bits per heavy atom. The van der Waals surface area contributed by atoms with Crippen LogP contribution in [0.4, 0.5) is 5.82 Å². The van der Waals surface area contributed by atoms with Crippen LogP contribution in [0.15, 0.2) is 36.8 Å². The highest BCUT2D eigenvalue weighted by molar-refractivity contribution is 5.43. The van der Waals surface area contributed by atoms with Crippen LogP contribution in [-0.2, 0) is 11.3 Å². The van der Waals surface area contributed by atoms with E-state index in [1.54, 1.807) is 18.6 Å². The van der Waals surface area contributed by atoms with E-state index in [0.717, 1.165) is 75.1 Å². The van der Waals surface area contributed by atoms with Crippen molar-refractivity contribution >= 4 is 5.82 Å². The highest BCUT2D eigenvalue weighted by Crippen LogP contribution is 2.30. The smallest absolute Gasteiger partial charge is 0.161 e. The molecule has 1 aromatic carbocycles. The second-order valence-corrected chi connectivity index (χ2v) is 9.50. The Morgan fingerprint density at radius 3 is 2.77 bits per heavy atom. The molecule has 2 aliphatic rings. The van der Waals surface area contributed by atoms with Crippen molar-refractivity contribution in [1.82, 2.24) is 19.8 Å². The SMILES string of the molecule is CCOc1cc(CN(C)CC2(O)CCCN(c3cnccn3)C2)ccc1OCCN1CCOCC1. The number of hydrogen-bond donors (Lipinski definition) is 1. The standard InChI is InChI=1S/C26H39N5O4/c1-3-34-24-17-22(5-6-23(24)35-16-13-30-11-14-33-15-12-30)19-29(2)20-26(32)7-4-10-31(21-26)25-18-27-8-9-28-25/h5-6,8-9,17-18,32H,3-4,7,10-16,19-21H2,1-2H3. The van der Waals surface area contributed by atoms with E-state index in [2.05, 4.69) is 36.8 Å². The number of aliphatic hydroxyl groups is 1. The summed E-state index contributed by atoms with van der Waals surface area (Å²) in [6.45, 7) is 10.3. The minimum atomic E-state index is -0.796. The summed E-state index contributed by atoms with van der Waals surface area (Å²) in [4.78, 5) is 15.2. The van der Waals surface area contributed by atoms with Gasteiger partial charge in [-0.05, 0) is 44.5 Å². The van der Waals surface area contributed by atoms with E-state index in [-0.39, 0.29) is 0 Å². The first kappa shape index (κ1) is 25.6. The zero-order valence-corrected chi connectivity index (χ0v) is 21.1. The summed E-state index contributed by atoms with van der Waals surface area (Å²) in [7, 11) is 2.05. The molecule has 0 bridgehead atoms. The number of aromatic nitrogens is 2. The van der Waals surface area contributed by atoms with Gasteiger partial charge >= 0.3 is 0 Å². The van der Waals surface area contributed by atoms with Gasteiger partial charge in [0.25, 0.3) is 0 Å². The second kappa shape index (κ2) is 12.5. The molecule has 2 fully saturated rings. The van der Waals surface area contributed by atoms with Gasteiger partial charge in [0.2, 0.25) is 0 Å². The molecule has 1 unspecified atom stereocenters. The third kappa shape index (κ3) is 7.51. The fourth-order valence-electron chi connectivity index (χ4n) is 4.91. The molecular weight excluding hydrogens is 446 g/mol. The average Bonchev–Trinajstić information content (AvgIpc) is 2.86. The van der Waals surface area contributed by atoms with Gasteiger partial charge < -0.3 is 24.2 Å². The molecule has 9 heteroatoms. The van der Waals surface area contributed by atoms with Crippen molar-refractivity contribution in [3.63, 3.8) is 0 Å². The predicted octanol–water partition coefficient (Wildman–Crippen LogP) is 2.05. The second-order valence-electron chi connectivity index (χ2n) is 9.50. The van der Waals surface area contributed by atoms with E-state index in [0.29, 0.717) is 32.8 Å². The van der Waals surface area contributed by atoms with Crippen LogP contribution in [0, 0.1) is 0 Å². The summed E-state index contributed by atoms with van der Waals surface area (Å²) in [6, 6.07) is 6.14. The van der Waals surface area contributed by atoms with Crippen LogP contribution in [0.3, 0.4) is 0 Å². The Morgan fingerprint density at radius 2 is 2.00 bits per heavy atom. The summed E-state index contributed by atoms with van der Waals surface area (Å²) in [5.74, 6) is 2.36. The maximum Gasteiger partial charge on any atom is 0.161 e. The van der Waals surface area contributed by atoms with Crippen molar-refractivity contribution in [2.24, 2.45) is 0 Å². The number of anilines is 1. The number of benzene rings is 1. The largest absolute Gasteiger partial charge is 0.490 e. The highest BCUT2D eigenvalue weighted by atomic mass is 16.5. The van der Waals surface area contributed by atoms with E-state index in [1.165, 1.54) is 0 Å². The molecule has 35 heavy (non-hydrogen) atoms. The number of nitrogens with zero attached hydrogens (tertiary/aromatic N) is 5. The van der Waals surface area contributed by atoms with Crippen molar-refractivity contribution in [1.29, 1.82) is 0 Å². The van der Waals surface area contributed by atoms with Crippen LogP contribution in [0.2, 0.25) is 0 Å². The van der Waals surface area contributed by atoms with E-state index in [4.69, 9.17) is 14.2 Å². The molecule has 2 aromatic rings. The molecule has 9 nitrogen and oxygen atoms in total. The summed E-state index contributed by atoms with van der Waals surface area (Å²) in [5.41, 5.74) is 0.331.